The van der Waals surface area contributed by atoms with E-state index in [-0.39, 0.29) is 0 Å². The van der Waals surface area contributed by atoms with Gasteiger partial charge in [-0.15, -0.1) is 0 Å². The molecule has 0 atom stereocenters. The van der Waals surface area contributed by atoms with Gasteiger partial charge in [0.25, 0.3) is 0 Å². The van der Waals surface area contributed by atoms with E-state index in [2.05, 4.69) is 39.0 Å². The Morgan fingerprint density at radius 1 is 1.27 bits per heavy atom. The van der Waals surface area contributed by atoms with Crippen LogP contribution in [0.5, 0.6) is 0 Å². The largest absolute Gasteiger partial charge is 0.0617 e. The molecule has 1 aromatic carbocycles. The average Bonchev–Trinajstić information content (AvgIpc) is 1.99. The van der Waals surface area contributed by atoms with Crippen LogP contribution in [0.4, 0.5) is 0 Å². The van der Waals surface area contributed by atoms with E-state index in [1.807, 2.05) is 0 Å². The fourth-order valence-electron chi connectivity index (χ4n) is 1.27. The SMILES string of the molecule is [CH2]CCc1cccc(C)c1C. The van der Waals surface area contributed by atoms with Crippen molar-refractivity contribution >= 4 is 0 Å². The van der Waals surface area contributed by atoms with Crippen LogP contribution < -0.4 is 0 Å². The topological polar surface area (TPSA) is 0 Å². The van der Waals surface area contributed by atoms with Crippen LogP contribution >= 0.6 is 0 Å². The predicted molar refractivity (Wildman–Crippen MR) is 49.6 cm³/mol. The van der Waals surface area contributed by atoms with Gasteiger partial charge in [0.05, 0.1) is 0 Å². The van der Waals surface area contributed by atoms with Gasteiger partial charge >= 0.3 is 0 Å². The van der Waals surface area contributed by atoms with Crippen molar-refractivity contribution in [2.75, 3.05) is 0 Å². The fraction of sp³-hybridized carbons (Fsp3) is 0.364. The number of rotatable bonds is 2. The molecule has 0 amide bonds. The second-order valence-electron chi connectivity index (χ2n) is 2.96. The summed E-state index contributed by atoms with van der Waals surface area (Å²) in [5, 5.41) is 0. The van der Waals surface area contributed by atoms with Gasteiger partial charge in [0, 0.05) is 0 Å². The zero-order chi connectivity index (χ0) is 8.27. The lowest BCUT2D eigenvalue weighted by Crippen LogP contribution is -1.90. The first-order valence-corrected chi connectivity index (χ1v) is 4.10. The Kier molecular flexibility index (Phi) is 2.70. The van der Waals surface area contributed by atoms with Crippen molar-refractivity contribution in [3.8, 4) is 0 Å². The standard InChI is InChI=1S/C11H15/c1-4-6-11-8-5-7-9(2)10(11)3/h5,7-8H,1,4,6H2,2-3H3. The van der Waals surface area contributed by atoms with Crippen molar-refractivity contribution in [3.05, 3.63) is 41.8 Å². The second-order valence-corrected chi connectivity index (χ2v) is 2.96. The Labute approximate surface area is 69.3 Å². The zero-order valence-corrected chi connectivity index (χ0v) is 7.35. The van der Waals surface area contributed by atoms with Crippen molar-refractivity contribution in [3.63, 3.8) is 0 Å². The minimum Gasteiger partial charge on any atom is -0.0617 e. The molecule has 0 nitrogen and oxygen atoms in total. The number of hydrogen-bond donors (Lipinski definition) is 0. The first kappa shape index (κ1) is 8.32. The molecule has 0 bridgehead atoms. The maximum atomic E-state index is 3.85. The molecule has 0 spiro atoms. The normalized spacial score (nSPS) is 10.1. The maximum Gasteiger partial charge on any atom is -0.0276 e. The summed E-state index contributed by atoms with van der Waals surface area (Å²) in [7, 11) is 0. The Morgan fingerprint density at radius 3 is 2.64 bits per heavy atom. The quantitative estimate of drug-likeness (QED) is 0.603. The molecule has 0 aliphatic carbocycles. The Hall–Kier alpha value is -0.780. The Balaban J connectivity index is 2.96. The molecular formula is C11H15. The lowest BCUT2D eigenvalue weighted by Gasteiger charge is -2.05. The molecule has 1 rings (SSSR count). The van der Waals surface area contributed by atoms with E-state index in [0.717, 1.165) is 12.8 Å². The second kappa shape index (κ2) is 3.56. The minimum absolute atomic E-state index is 0.990. The lowest BCUT2D eigenvalue weighted by molar-refractivity contribution is 0.980. The van der Waals surface area contributed by atoms with Gasteiger partial charge < -0.3 is 0 Å². The van der Waals surface area contributed by atoms with E-state index in [0.29, 0.717) is 0 Å². The third-order valence-electron chi connectivity index (χ3n) is 2.16. The van der Waals surface area contributed by atoms with Gasteiger partial charge in [-0.05, 0) is 43.4 Å². The fourth-order valence-corrected chi connectivity index (χ4v) is 1.27. The molecule has 0 aliphatic heterocycles. The molecule has 0 fully saturated rings. The molecule has 0 N–H and O–H groups in total. The summed E-state index contributed by atoms with van der Waals surface area (Å²) in [5.74, 6) is 0. The molecule has 0 saturated heterocycles. The first-order valence-electron chi connectivity index (χ1n) is 4.10. The summed E-state index contributed by atoms with van der Waals surface area (Å²) >= 11 is 0. The van der Waals surface area contributed by atoms with Crippen LogP contribution in [0.25, 0.3) is 0 Å². The molecular weight excluding hydrogens is 132 g/mol. The van der Waals surface area contributed by atoms with Gasteiger partial charge in [-0.25, -0.2) is 0 Å². The molecule has 0 aliphatic rings. The monoisotopic (exact) mass is 147 g/mol. The summed E-state index contributed by atoms with van der Waals surface area (Å²) in [5.41, 5.74) is 4.26. The molecule has 0 saturated carbocycles. The molecule has 1 aromatic rings. The molecule has 0 heteroatoms. The smallest absolute Gasteiger partial charge is 0.0276 e. The highest BCUT2D eigenvalue weighted by molar-refractivity contribution is 5.33. The highest BCUT2D eigenvalue weighted by Gasteiger charge is 1.97. The van der Waals surface area contributed by atoms with Crippen LogP contribution in [-0.2, 0) is 6.42 Å². The first-order chi connectivity index (χ1) is 5.25. The molecule has 11 heavy (non-hydrogen) atoms. The van der Waals surface area contributed by atoms with E-state index in [1.54, 1.807) is 0 Å². The van der Waals surface area contributed by atoms with Crippen LogP contribution in [0.2, 0.25) is 0 Å². The van der Waals surface area contributed by atoms with Crippen molar-refractivity contribution in [2.24, 2.45) is 0 Å². The number of benzene rings is 1. The minimum atomic E-state index is 0.990. The van der Waals surface area contributed by atoms with E-state index < -0.39 is 0 Å². The summed E-state index contributed by atoms with van der Waals surface area (Å²) in [6.45, 7) is 8.19. The highest BCUT2D eigenvalue weighted by Crippen LogP contribution is 2.13. The number of hydrogen-bond acceptors (Lipinski definition) is 0. The number of aryl methyl sites for hydroxylation is 2. The van der Waals surface area contributed by atoms with Crippen molar-refractivity contribution in [2.45, 2.75) is 26.7 Å². The predicted octanol–water partition coefficient (Wildman–Crippen LogP) is 3.07. The van der Waals surface area contributed by atoms with Crippen molar-refractivity contribution in [1.82, 2.24) is 0 Å². The molecule has 0 unspecified atom stereocenters. The third-order valence-corrected chi connectivity index (χ3v) is 2.16. The van der Waals surface area contributed by atoms with Crippen LogP contribution in [0.1, 0.15) is 23.1 Å². The van der Waals surface area contributed by atoms with E-state index in [4.69, 9.17) is 0 Å². The van der Waals surface area contributed by atoms with Gasteiger partial charge in [0.2, 0.25) is 0 Å². The van der Waals surface area contributed by atoms with E-state index in [9.17, 15) is 0 Å². The van der Waals surface area contributed by atoms with E-state index >= 15 is 0 Å². The van der Waals surface area contributed by atoms with Crippen LogP contribution in [0.15, 0.2) is 18.2 Å². The van der Waals surface area contributed by atoms with Gasteiger partial charge in [0.1, 0.15) is 0 Å². The van der Waals surface area contributed by atoms with Crippen LogP contribution in [-0.4, -0.2) is 0 Å². The molecule has 0 aromatic heterocycles. The van der Waals surface area contributed by atoms with Crippen LogP contribution in [0, 0.1) is 20.8 Å². The van der Waals surface area contributed by atoms with Gasteiger partial charge in [-0.1, -0.05) is 25.1 Å². The maximum absolute atomic E-state index is 3.85. The lowest BCUT2D eigenvalue weighted by atomic mass is 10.0. The van der Waals surface area contributed by atoms with Gasteiger partial charge in [-0.3, -0.25) is 0 Å². The third kappa shape index (κ3) is 1.83. The molecule has 0 heterocycles. The average molecular weight is 147 g/mol. The summed E-state index contributed by atoms with van der Waals surface area (Å²) in [6, 6.07) is 6.46. The highest BCUT2D eigenvalue weighted by atomic mass is 14.0. The summed E-state index contributed by atoms with van der Waals surface area (Å²) < 4.78 is 0. The molecule has 1 radical (unpaired) electrons. The summed E-state index contributed by atoms with van der Waals surface area (Å²) in [6.07, 6.45) is 2.10. The zero-order valence-electron chi connectivity index (χ0n) is 7.35. The van der Waals surface area contributed by atoms with Crippen LogP contribution in [0.3, 0.4) is 0 Å². The molecule has 59 valence electrons. The van der Waals surface area contributed by atoms with Crippen molar-refractivity contribution in [1.29, 1.82) is 0 Å². The van der Waals surface area contributed by atoms with E-state index in [1.165, 1.54) is 16.7 Å². The Bertz CT molecular complexity index is 236. The van der Waals surface area contributed by atoms with Gasteiger partial charge in [0.15, 0.2) is 0 Å². The van der Waals surface area contributed by atoms with Gasteiger partial charge in [-0.2, -0.15) is 0 Å². The van der Waals surface area contributed by atoms with Crippen molar-refractivity contribution < 1.29 is 0 Å². The summed E-state index contributed by atoms with van der Waals surface area (Å²) in [4.78, 5) is 0. The Morgan fingerprint density at radius 2 is 2.00 bits per heavy atom.